The van der Waals surface area contributed by atoms with Crippen molar-refractivity contribution in [3.63, 3.8) is 0 Å². The Morgan fingerprint density at radius 1 is 1.44 bits per heavy atom. The van der Waals surface area contributed by atoms with E-state index in [2.05, 4.69) is 33.0 Å². The summed E-state index contributed by atoms with van der Waals surface area (Å²) in [4.78, 5) is 0. The van der Waals surface area contributed by atoms with Crippen molar-refractivity contribution < 1.29 is 5.11 Å². The SMILES string of the molecule is CC(C)C(C)(C)NCO. The number of hydrogen-bond donors (Lipinski definition) is 2. The fourth-order valence-electron chi connectivity index (χ4n) is 0.408. The molecule has 0 aliphatic heterocycles. The quantitative estimate of drug-likeness (QED) is 0.559. The van der Waals surface area contributed by atoms with Crippen LogP contribution in [0.4, 0.5) is 0 Å². The van der Waals surface area contributed by atoms with Gasteiger partial charge in [-0.15, -0.1) is 0 Å². The van der Waals surface area contributed by atoms with Gasteiger partial charge in [0.15, 0.2) is 0 Å². The first-order valence-electron chi connectivity index (χ1n) is 3.36. The highest BCUT2D eigenvalue weighted by Crippen LogP contribution is 2.13. The van der Waals surface area contributed by atoms with Crippen LogP contribution in [-0.4, -0.2) is 17.4 Å². The topological polar surface area (TPSA) is 32.3 Å². The molecule has 0 heterocycles. The van der Waals surface area contributed by atoms with E-state index in [1.807, 2.05) is 0 Å². The molecule has 56 valence electrons. The summed E-state index contributed by atoms with van der Waals surface area (Å²) in [6.07, 6.45) is 0. The summed E-state index contributed by atoms with van der Waals surface area (Å²) >= 11 is 0. The molecule has 9 heavy (non-hydrogen) atoms. The fraction of sp³-hybridized carbons (Fsp3) is 1.00. The fourth-order valence-corrected chi connectivity index (χ4v) is 0.408. The maximum absolute atomic E-state index is 8.54. The molecule has 0 radical (unpaired) electrons. The van der Waals surface area contributed by atoms with Gasteiger partial charge in [0.2, 0.25) is 0 Å². The van der Waals surface area contributed by atoms with Crippen molar-refractivity contribution in [2.75, 3.05) is 6.73 Å². The lowest BCUT2D eigenvalue weighted by molar-refractivity contribution is 0.178. The van der Waals surface area contributed by atoms with E-state index in [1.54, 1.807) is 0 Å². The van der Waals surface area contributed by atoms with Gasteiger partial charge in [-0.2, -0.15) is 0 Å². The Hall–Kier alpha value is -0.0800. The maximum Gasteiger partial charge on any atom is 0.0935 e. The van der Waals surface area contributed by atoms with Gasteiger partial charge in [0.1, 0.15) is 0 Å². The van der Waals surface area contributed by atoms with E-state index in [-0.39, 0.29) is 12.3 Å². The molecule has 0 atom stereocenters. The summed E-state index contributed by atoms with van der Waals surface area (Å²) in [5, 5.41) is 11.5. The average molecular weight is 131 g/mol. The lowest BCUT2D eigenvalue weighted by atomic mass is 9.91. The van der Waals surface area contributed by atoms with Crippen LogP contribution in [0.25, 0.3) is 0 Å². The molecule has 0 saturated heterocycles. The summed E-state index contributed by atoms with van der Waals surface area (Å²) in [6, 6.07) is 0. The molecule has 0 aliphatic rings. The van der Waals surface area contributed by atoms with Crippen molar-refractivity contribution in [1.29, 1.82) is 0 Å². The number of aliphatic hydroxyl groups excluding tert-OH is 1. The Balaban J connectivity index is 3.70. The van der Waals surface area contributed by atoms with Crippen LogP contribution in [0.3, 0.4) is 0 Å². The summed E-state index contributed by atoms with van der Waals surface area (Å²) in [6.45, 7) is 8.47. The standard InChI is InChI=1S/C7H17NO/c1-6(2)7(3,4)8-5-9/h6,8-9H,5H2,1-4H3. The van der Waals surface area contributed by atoms with Crippen LogP contribution in [0.1, 0.15) is 27.7 Å². The van der Waals surface area contributed by atoms with Crippen LogP contribution < -0.4 is 5.32 Å². The lowest BCUT2D eigenvalue weighted by Crippen LogP contribution is -2.44. The predicted octanol–water partition coefficient (Wildman–Crippen LogP) is 0.960. The number of aliphatic hydroxyl groups is 1. The highest BCUT2D eigenvalue weighted by Gasteiger charge is 2.19. The van der Waals surface area contributed by atoms with E-state index in [0.29, 0.717) is 5.92 Å². The van der Waals surface area contributed by atoms with Gasteiger partial charge >= 0.3 is 0 Å². The van der Waals surface area contributed by atoms with Gasteiger partial charge < -0.3 is 5.11 Å². The minimum Gasteiger partial charge on any atom is -0.381 e. The van der Waals surface area contributed by atoms with E-state index in [0.717, 1.165) is 0 Å². The Labute approximate surface area is 57.3 Å². The Kier molecular flexibility index (Phi) is 3.15. The van der Waals surface area contributed by atoms with Crippen molar-refractivity contribution in [2.45, 2.75) is 33.2 Å². The molecule has 0 amide bonds. The van der Waals surface area contributed by atoms with Crippen LogP contribution in [0.15, 0.2) is 0 Å². The van der Waals surface area contributed by atoms with Crippen molar-refractivity contribution in [1.82, 2.24) is 5.32 Å². The monoisotopic (exact) mass is 131 g/mol. The molecule has 0 saturated carbocycles. The molecule has 0 fully saturated rings. The Morgan fingerprint density at radius 2 is 1.89 bits per heavy atom. The van der Waals surface area contributed by atoms with E-state index in [1.165, 1.54) is 0 Å². The predicted molar refractivity (Wildman–Crippen MR) is 39.1 cm³/mol. The van der Waals surface area contributed by atoms with Gasteiger partial charge in [0, 0.05) is 5.54 Å². The van der Waals surface area contributed by atoms with Crippen LogP contribution in [-0.2, 0) is 0 Å². The number of hydrogen-bond acceptors (Lipinski definition) is 2. The minimum absolute atomic E-state index is 0.0503. The highest BCUT2D eigenvalue weighted by atomic mass is 16.3. The zero-order chi connectivity index (χ0) is 7.49. The van der Waals surface area contributed by atoms with Gasteiger partial charge in [-0.25, -0.2) is 0 Å². The van der Waals surface area contributed by atoms with Gasteiger partial charge in [0.05, 0.1) is 6.73 Å². The van der Waals surface area contributed by atoms with E-state index >= 15 is 0 Å². The van der Waals surface area contributed by atoms with Gasteiger partial charge in [0.25, 0.3) is 0 Å². The summed E-state index contributed by atoms with van der Waals surface area (Å²) in [5.74, 6) is 0.546. The molecule has 2 N–H and O–H groups in total. The van der Waals surface area contributed by atoms with Gasteiger partial charge in [-0.05, 0) is 19.8 Å². The molecular formula is C7H17NO. The molecular weight excluding hydrogens is 114 g/mol. The first kappa shape index (κ1) is 8.92. The van der Waals surface area contributed by atoms with E-state index in [9.17, 15) is 0 Å². The molecule has 0 aromatic carbocycles. The summed E-state index contributed by atoms with van der Waals surface area (Å²) in [7, 11) is 0. The molecule has 0 aromatic heterocycles. The summed E-state index contributed by atoms with van der Waals surface area (Å²) < 4.78 is 0. The van der Waals surface area contributed by atoms with E-state index < -0.39 is 0 Å². The lowest BCUT2D eigenvalue weighted by Gasteiger charge is -2.29. The van der Waals surface area contributed by atoms with Crippen molar-refractivity contribution in [3.05, 3.63) is 0 Å². The molecule has 0 rings (SSSR count). The van der Waals surface area contributed by atoms with Crippen LogP contribution in [0.5, 0.6) is 0 Å². The molecule has 2 nitrogen and oxygen atoms in total. The molecule has 0 aliphatic carbocycles. The van der Waals surface area contributed by atoms with Crippen LogP contribution in [0, 0.1) is 5.92 Å². The first-order valence-corrected chi connectivity index (χ1v) is 3.36. The first-order chi connectivity index (χ1) is 4.00. The molecule has 0 aromatic rings. The summed E-state index contributed by atoms with van der Waals surface area (Å²) in [5.41, 5.74) is 0.0503. The molecule has 0 spiro atoms. The van der Waals surface area contributed by atoms with Crippen molar-refractivity contribution in [2.24, 2.45) is 5.92 Å². The molecule has 0 bridgehead atoms. The Bertz CT molecular complexity index is 79.0. The number of rotatable bonds is 3. The molecule has 2 heteroatoms. The van der Waals surface area contributed by atoms with Gasteiger partial charge in [-0.3, -0.25) is 5.32 Å². The van der Waals surface area contributed by atoms with Gasteiger partial charge in [-0.1, -0.05) is 13.8 Å². The normalized spacial score (nSPS) is 12.7. The average Bonchev–Trinajstić information content (AvgIpc) is 1.65. The third kappa shape index (κ3) is 2.82. The third-order valence-corrected chi connectivity index (χ3v) is 1.98. The van der Waals surface area contributed by atoms with Crippen molar-refractivity contribution >= 4 is 0 Å². The number of nitrogens with one attached hydrogen (secondary N) is 1. The second-order valence-corrected chi connectivity index (χ2v) is 3.21. The second kappa shape index (κ2) is 3.18. The second-order valence-electron chi connectivity index (χ2n) is 3.21. The maximum atomic E-state index is 8.54. The zero-order valence-electron chi connectivity index (χ0n) is 6.73. The molecule has 0 unspecified atom stereocenters. The zero-order valence-corrected chi connectivity index (χ0v) is 6.73. The smallest absolute Gasteiger partial charge is 0.0935 e. The largest absolute Gasteiger partial charge is 0.381 e. The van der Waals surface area contributed by atoms with E-state index in [4.69, 9.17) is 5.11 Å². The van der Waals surface area contributed by atoms with Crippen LogP contribution >= 0.6 is 0 Å². The minimum atomic E-state index is 0.0503. The van der Waals surface area contributed by atoms with Crippen molar-refractivity contribution in [3.8, 4) is 0 Å². The third-order valence-electron chi connectivity index (χ3n) is 1.98. The van der Waals surface area contributed by atoms with Crippen LogP contribution in [0.2, 0.25) is 0 Å². The highest BCUT2D eigenvalue weighted by molar-refractivity contribution is 4.78. The Morgan fingerprint density at radius 3 is 2.00 bits per heavy atom.